The molecule has 0 bridgehead atoms. The van der Waals surface area contributed by atoms with Crippen LogP contribution in [0.15, 0.2) is 52.5 Å². The summed E-state index contributed by atoms with van der Waals surface area (Å²) in [6.07, 6.45) is 1.83. The summed E-state index contributed by atoms with van der Waals surface area (Å²) in [6.45, 7) is 5.11. The van der Waals surface area contributed by atoms with Gasteiger partial charge in [-0.3, -0.25) is 0 Å². The van der Waals surface area contributed by atoms with E-state index in [4.69, 9.17) is 4.74 Å². The average molecular weight is 288 g/mol. The highest BCUT2D eigenvalue weighted by Crippen LogP contribution is 2.35. The molecule has 106 valence electrons. The van der Waals surface area contributed by atoms with Gasteiger partial charge in [0, 0.05) is 18.8 Å². The molecule has 20 heavy (non-hydrogen) atoms. The Kier molecular flexibility index (Phi) is 5.44. The Bertz CT molecular complexity index is 558. The molecule has 4 heteroatoms. The molecule has 0 amide bonds. The topological polar surface area (TPSA) is 34.1 Å². The van der Waals surface area contributed by atoms with Crippen LogP contribution in [0.5, 0.6) is 5.75 Å². The van der Waals surface area contributed by atoms with E-state index in [-0.39, 0.29) is 0 Å². The maximum Gasteiger partial charge on any atom is 0.132 e. The van der Waals surface area contributed by atoms with Crippen LogP contribution in [0.4, 0.5) is 0 Å². The summed E-state index contributed by atoms with van der Waals surface area (Å²) in [5, 5.41) is 4.45. The minimum Gasteiger partial charge on any atom is -0.496 e. The summed E-state index contributed by atoms with van der Waals surface area (Å²) < 4.78 is 5.39. The molecule has 1 aromatic carbocycles. The number of hydrogen-bond acceptors (Lipinski definition) is 4. The number of aromatic nitrogens is 1. The first-order chi connectivity index (χ1) is 9.70. The predicted octanol–water partition coefficient (Wildman–Crippen LogP) is 3.74. The fraction of sp³-hybridized carbons (Fsp3) is 0.312. The largest absolute Gasteiger partial charge is 0.496 e. The number of nitrogens with zero attached hydrogens (tertiary/aromatic N) is 1. The maximum absolute atomic E-state index is 5.39. The molecule has 3 nitrogen and oxygen atoms in total. The van der Waals surface area contributed by atoms with Crippen molar-refractivity contribution in [2.45, 2.75) is 36.4 Å². The van der Waals surface area contributed by atoms with Crippen molar-refractivity contribution in [3.8, 4) is 5.75 Å². The van der Waals surface area contributed by atoms with E-state index in [2.05, 4.69) is 36.3 Å². The molecular formula is C16H20N2OS. The van der Waals surface area contributed by atoms with Crippen molar-refractivity contribution >= 4 is 11.8 Å². The molecule has 2 rings (SSSR count). The molecule has 0 aliphatic carbocycles. The fourth-order valence-electron chi connectivity index (χ4n) is 1.77. The molecule has 1 N–H and O–H groups in total. The SMILES string of the molecule is COc1ccccc1Sc1ncccc1CNC(C)C. The van der Waals surface area contributed by atoms with Gasteiger partial charge in [0.05, 0.1) is 12.0 Å². The molecule has 2 aromatic rings. The molecule has 0 atom stereocenters. The first-order valence-electron chi connectivity index (χ1n) is 6.69. The number of nitrogens with one attached hydrogen (secondary N) is 1. The zero-order chi connectivity index (χ0) is 14.4. The van der Waals surface area contributed by atoms with Crippen molar-refractivity contribution in [1.29, 1.82) is 0 Å². The van der Waals surface area contributed by atoms with Crippen molar-refractivity contribution in [2.75, 3.05) is 7.11 Å². The van der Waals surface area contributed by atoms with Gasteiger partial charge in [0.2, 0.25) is 0 Å². The van der Waals surface area contributed by atoms with Crippen LogP contribution in [0.1, 0.15) is 19.4 Å². The zero-order valence-corrected chi connectivity index (χ0v) is 12.9. The van der Waals surface area contributed by atoms with Gasteiger partial charge in [-0.25, -0.2) is 4.98 Å². The second kappa shape index (κ2) is 7.31. The Morgan fingerprint density at radius 1 is 1.20 bits per heavy atom. The third kappa shape index (κ3) is 3.99. The van der Waals surface area contributed by atoms with Gasteiger partial charge in [0.25, 0.3) is 0 Å². The second-order valence-electron chi connectivity index (χ2n) is 4.76. The molecule has 0 unspecified atom stereocenters. The monoisotopic (exact) mass is 288 g/mol. The summed E-state index contributed by atoms with van der Waals surface area (Å²) in [7, 11) is 1.69. The van der Waals surface area contributed by atoms with Crippen molar-refractivity contribution < 1.29 is 4.74 Å². The van der Waals surface area contributed by atoms with Gasteiger partial charge in [-0.1, -0.05) is 43.8 Å². The van der Waals surface area contributed by atoms with Crippen molar-refractivity contribution in [3.05, 3.63) is 48.2 Å². The number of rotatable bonds is 6. The third-order valence-corrected chi connectivity index (χ3v) is 3.94. The summed E-state index contributed by atoms with van der Waals surface area (Å²) in [5.74, 6) is 0.880. The minimum atomic E-state index is 0.458. The van der Waals surface area contributed by atoms with Gasteiger partial charge in [0.1, 0.15) is 10.8 Å². The van der Waals surface area contributed by atoms with Gasteiger partial charge in [0.15, 0.2) is 0 Å². The predicted molar refractivity (Wildman–Crippen MR) is 83.3 cm³/mol. The number of para-hydroxylation sites is 1. The highest BCUT2D eigenvalue weighted by molar-refractivity contribution is 7.99. The van der Waals surface area contributed by atoms with Crippen LogP contribution in [0.3, 0.4) is 0 Å². The molecule has 0 aliphatic rings. The zero-order valence-electron chi connectivity index (χ0n) is 12.1. The number of pyridine rings is 1. The van der Waals surface area contributed by atoms with Crippen LogP contribution in [-0.4, -0.2) is 18.1 Å². The van der Waals surface area contributed by atoms with Gasteiger partial charge < -0.3 is 10.1 Å². The van der Waals surface area contributed by atoms with Gasteiger partial charge in [-0.05, 0) is 23.8 Å². The van der Waals surface area contributed by atoms with E-state index in [9.17, 15) is 0 Å². The molecule has 0 spiro atoms. The number of hydrogen-bond donors (Lipinski definition) is 1. The summed E-state index contributed by atoms with van der Waals surface area (Å²) in [6, 6.07) is 12.6. The Balaban J connectivity index is 2.20. The molecule has 1 heterocycles. The number of methoxy groups -OCH3 is 1. The second-order valence-corrected chi connectivity index (χ2v) is 5.79. The van der Waals surface area contributed by atoms with Gasteiger partial charge in [-0.2, -0.15) is 0 Å². The summed E-state index contributed by atoms with van der Waals surface area (Å²) in [4.78, 5) is 5.58. The van der Waals surface area contributed by atoms with Gasteiger partial charge in [-0.15, -0.1) is 0 Å². The first-order valence-corrected chi connectivity index (χ1v) is 7.50. The molecule has 0 aliphatic heterocycles. The highest BCUT2D eigenvalue weighted by atomic mass is 32.2. The van der Waals surface area contributed by atoms with Crippen LogP contribution in [0.2, 0.25) is 0 Å². The normalized spacial score (nSPS) is 10.8. The Labute approximate surface area is 124 Å². The van der Waals surface area contributed by atoms with Gasteiger partial charge >= 0.3 is 0 Å². The highest BCUT2D eigenvalue weighted by Gasteiger charge is 2.09. The fourth-order valence-corrected chi connectivity index (χ4v) is 2.76. The summed E-state index contributed by atoms with van der Waals surface area (Å²) in [5.41, 5.74) is 1.21. The Morgan fingerprint density at radius 3 is 2.75 bits per heavy atom. The molecule has 1 aromatic heterocycles. The molecular weight excluding hydrogens is 268 g/mol. The number of benzene rings is 1. The van der Waals surface area contributed by atoms with E-state index in [1.165, 1.54) is 5.56 Å². The van der Waals surface area contributed by atoms with E-state index >= 15 is 0 Å². The van der Waals surface area contributed by atoms with E-state index in [0.29, 0.717) is 6.04 Å². The molecule has 0 saturated carbocycles. The smallest absolute Gasteiger partial charge is 0.132 e. The van der Waals surface area contributed by atoms with Crippen molar-refractivity contribution in [2.24, 2.45) is 0 Å². The number of ether oxygens (including phenoxy) is 1. The summed E-state index contributed by atoms with van der Waals surface area (Å²) >= 11 is 1.64. The molecule has 0 fully saturated rings. The minimum absolute atomic E-state index is 0.458. The van der Waals surface area contributed by atoms with E-state index in [1.807, 2.05) is 30.5 Å². The lowest BCUT2D eigenvalue weighted by molar-refractivity contribution is 0.405. The quantitative estimate of drug-likeness (QED) is 0.878. The van der Waals surface area contributed by atoms with Crippen LogP contribution in [0, 0.1) is 0 Å². The first kappa shape index (κ1) is 14.9. The van der Waals surface area contributed by atoms with Crippen molar-refractivity contribution in [3.63, 3.8) is 0 Å². The maximum atomic E-state index is 5.39. The average Bonchev–Trinajstić information content (AvgIpc) is 2.47. The Morgan fingerprint density at radius 2 is 2.00 bits per heavy atom. The van der Waals surface area contributed by atoms with Crippen LogP contribution >= 0.6 is 11.8 Å². The van der Waals surface area contributed by atoms with E-state index < -0.39 is 0 Å². The standard InChI is InChI=1S/C16H20N2OS/c1-12(2)18-11-13-7-6-10-17-16(13)20-15-9-5-4-8-14(15)19-3/h4-10,12,18H,11H2,1-3H3. The molecule has 0 saturated heterocycles. The molecule has 0 radical (unpaired) electrons. The van der Waals surface area contributed by atoms with Crippen molar-refractivity contribution in [1.82, 2.24) is 10.3 Å². The third-order valence-electron chi connectivity index (χ3n) is 2.83. The lowest BCUT2D eigenvalue weighted by atomic mass is 10.2. The Hall–Kier alpha value is -1.52. The lowest BCUT2D eigenvalue weighted by Gasteiger charge is -2.12. The lowest BCUT2D eigenvalue weighted by Crippen LogP contribution is -2.22. The van der Waals surface area contributed by atoms with Crippen LogP contribution in [-0.2, 0) is 6.54 Å². The van der Waals surface area contributed by atoms with Crippen LogP contribution < -0.4 is 10.1 Å². The van der Waals surface area contributed by atoms with Crippen LogP contribution in [0.25, 0.3) is 0 Å². The van der Waals surface area contributed by atoms with E-state index in [1.54, 1.807) is 18.9 Å². The van der Waals surface area contributed by atoms with E-state index in [0.717, 1.165) is 22.2 Å².